The Kier molecular flexibility index (Phi) is 5.94. The molecule has 1 aliphatic rings. The molecule has 0 spiro atoms. The molecule has 0 saturated carbocycles. The summed E-state index contributed by atoms with van der Waals surface area (Å²) in [7, 11) is 2.15. The van der Waals surface area contributed by atoms with Crippen LogP contribution in [-0.4, -0.2) is 64.3 Å². The van der Waals surface area contributed by atoms with E-state index in [1.165, 1.54) is 0 Å². The van der Waals surface area contributed by atoms with Crippen molar-refractivity contribution in [2.45, 2.75) is 13.5 Å². The zero-order chi connectivity index (χ0) is 22.8. The molecule has 1 saturated heterocycles. The van der Waals surface area contributed by atoms with E-state index in [0.717, 1.165) is 77.5 Å². The van der Waals surface area contributed by atoms with E-state index in [4.69, 9.17) is 9.98 Å². The van der Waals surface area contributed by atoms with Crippen LogP contribution in [0.15, 0.2) is 65.7 Å². The van der Waals surface area contributed by atoms with Crippen LogP contribution in [-0.2, 0) is 6.54 Å². The number of H-pyrrole nitrogens is 1. The second-order valence-corrected chi connectivity index (χ2v) is 8.82. The molecular weight excluding hydrogens is 410 g/mol. The fourth-order valence-corrected chi connectivity index (χ4v) is 4.36. The largest absolute Gasteiger partial charge is 0.507 e. The zero-order valence-corrected chi connectivity index (χ0v) is 19.1. The summed E-state index contributed by atoms with van der Waals surface area (Å²) in [6.45, 7) is 6.94. The number of imidazole rings is 1. The number of benzene rings is 3. The third-order valence-corrected chi connectivity index (χ3v) is 6.24. The monoisotopic (exact) mass is 439 g/mol. The third-order valence-electron chi connectivity index (χ3n) is 6.24. The number of aromatic nitrogens is 2. The summed E-state index contributed by atoms with van der Waals surface area (Å²) >= 11 is 0. The van der Waals surface area contributed by atoms with Crippen LogP contribution in [0.25, 0.3) is 22.4 Å². The highest BCUT2D eigenvalue weighted by molar-refractivity contribution is 5.89. The molecule has 0 aliphatic carbocycles. The van der Waals surface area contributed by atoms with Crippen molar-refractivity contribution in [2.75, 3.05) is 33.2 Å². The van der Waals surface area contributed by atoms with Crippen LogP contribution >= 0.6 is 0 Å². The first-order valence-corrected chi connectivity index (χ1v) is 11.4. The molecule has 2 heterocycles. The van der Waals surface area contributed by atoms with Gasteiger partial charge in [0.1, 0.15) is 11.6 Å². The quantitative estimate of drug-likeness (QED) is 0.441. The van der Waals surface area contributed by atoms with Crippen molar-refractivity contribution in [3.63, 3.8) is 0 Å². The lowest BCUT2D eigenvalue weighted by molar-refractivity contribution is 0.147. The molecule has 0 amide bonds. The van der Waals surface area contributed by atoms with Crippen LogP contribution in [0.2, 0.25) is 0 Å². The first kappa shape index (κ1) is 21.4. The Morgan fingerprint density at radius 2 is 1.79 bits per heavy atom. The maximum absolute atomic E-state index is 11.0. The molecule has 1 aliphatic heterocycles. The molecule has 0 atom stereocenters. The van der Waals surface area contributed by atoms with E-state index in [9.17, 15) is 5.11 Å². The van der Waals surface area contributed by atoms with Crippen LogP contribution in [0.4, 0.5) is 5.69 Å². The number of hydrogen-bond acceptors (Lipinski definition) is 5. The van der Waals surface area contributed by atoms with Crippen molar-refractivity contribution in [2.24, 2.45) is 4.99 Å². The van der Waals surface area contributed by atoms with Gasteiger partial charge in [0, 0.05) is 55.6 Å². The van der Waals surface area contributed by atoms with E-state index in [2.05, 4.69) is 34.8 Å². The standard InChI is InChI=1S/C27H29N5O/c1-19-15-20(26(33)21(16-19)18-32-13-11-31(2)12-14-32)17-28-23-8-4-3-7-22(23)27-29-24-9-5-6-10-25(24)30-27/h3-10,15-17,33H,11-14,18H2,1-2H3,(H,29,30). The van der Waals surface area contributed by atoms with Gasteiger partial charge in [-0.1, -0.05) is 30.3 Å². The minimum absolute atomic E-state index is 0.310. The Morgan fingerprint density at radius 3 is 2.61 bits per heavy atom. The number of nitrogens with one attached hydrogen (secondary N) is 1. The highest BCUT2D eigenvalue weighted by Crippen LogP contribution is 2.31. The average Bonchev–Trinajstić information content (AvgIpc) is 3.26. The molecule has 2 N–H and O–H groups in total. The Balaban J connectivity index is 1.43. The van der Waals surface area contributed by atoms with Crippen molar-refractivity contribution in [1.82, 2.24) is 19.8 Å². The third kappa shape index (κ3) is 4.67. The van der Waals surface area contributed by atoms with Gasteiger partial charge < -0.3 is 15.0 Å². The molecule has 0 unspecified atom stereocenters. The Labute approximate surface area is 194 Å². The minimum Gasteiger partial charge on any atom is -0.507 e. The van der Waals surface area contributed by atoms with Gasteiger partial charge in [-0.2, -0.15) is 0 Å². The van der Waals surface area contributed by atoms with Crippen LogP contribution < -0.4 is 0 Å². The molecule has 0 radical (unpaired) electrons. The number of nitrogens with zero attached hydrogens (tertiary/aromatic N) is 4. The van der Waals surface area contributed by atoms with E-state index >= 15 is 0 Å². The minimum atomic E-state index is 0.310. The summed E-state index contributed by atoms with van der Waals surface area (Å²) in [4.78, 5) is 17.6. The van der Waals surface area contributed by atoms with Gasteiger partial charge in [-0.3, -0.25) is 9.89 Å². The first-order chi connectivity index (χ1) is 16.1. The zero-order valence-electron chi connectivity index (χ0n) is 19.1. The predicted molar refractivity (Wildman–Crippen MR) is 134 cm³/mol. The van der Waals surface area contributed by atoms with Gasteiger partial charge in [-0.05, 0) is 49.9 Å². The van der Waals surface area contributed by atoms with Crippen LogP contribution in [0.3, 0.4) is 0 Å². The second-order valence-electron chi connectivity index (χ2n) is 8.82. The van der Waals surface area contributed by atoms with E-state index in [-0.39, 0.29) is 0 Å². The maximum atomic E-state index is 11.0. The SMILES string of the molecule is Cc1cc(C=Nc2ccccc2-c2nc3ccccc3[nH]2)c(O)c(CN2CCN(C)CC2)c1. The molecule has 6 heteroatoms. The van der Waals surface area contributed by atoms with E-state index in [1.807, 2.05) is 54.6 Å². The average molecular weight is 440 g/mol. The Morgan fingerprint density at radius 1 is 1.03 bits per heavy atom. The number of aliphatic imine (C=N–C) groups is 1. The van der Waals surface area contributed by atoms with Gasteiger partial charge in [-0.25, -0.2) is 4.98 Å². The number of aromatic hydroxyl groups is 1. The molecule has 1 fully saturated rings. The van der Waals surface area contributed by atoms with Crippen molar-refractivity contribution in [3.8, 4) is 17.1 Å². The number of phenolic OH excluding ortho intramolecular Hbond substituents is 1. The van der Waals surface area contributed by atoms with Crippen LogP contribution in [0.5, 0.6) is 5.75 Å². The maximum Gasteiger partial charge on any atom is 0.140 e. The van der Waals surface area contributed by atoms with Crippen molar-refractivity contribution in [3.05, 3.63) is 77.4 Å². The highest BCUT2D eigenvalue weighted by atomic mass is 16.3. The van der Waals surface area contributed by atoms with Gasteiger partial charge >= 0.3 is 0 Å². The molecule has 3 aromatic carbocycles. The van der Waals surface area contributed by atoms with Gasteiger partial charge in [0.25, 0.3) is 0 Å². The van der Waals surface area contributed by atoms with Gasteiger partial charge in [0.2, 0.25) is 0 Å². The summed E-state index contributed by atoms with van der Waals surface area (Å²) in [5.41, 5.74) is 6.45. The number of rotatable bonds is 5. The lowest BCUT2D eigenvalue weighted by atomic mass is 10.0. The number of hydrogen-bond donors (Lipinski definition) is 2. The number of piperazine rings is 1. The van der Waals surface area contributed by atoms with E-state index in [0.29, 0.717) is 5.75 Å². The number of aryl methyl sites for hydroxylation is 1. The highest BCUT2D eigenvalue weighted by Gasteiger charge is 2.17. The molecule has 6 nitrogen and oxygen atoms in total. The number of fused-ring (bicyclic) bond motifs is 1. The summed E-state index contributed by atoms with van der Waals surface area (Å²) in [6.07, 6.45) is 1.76. The smallest absolute Gasteiger partial charge is 0.140 e. The molecule has 5 rings (SSSR count). The normalized spacial score (nSPS) is 15.6. The molecule has 4 aromatic rings. The number of phenols is 1. The van der Waals surface area contributed by atoms with Gasteiger partial charge in [0.05, 0.1) is 16.7 Å². The topological polar surface area (TPSA) is 67.7 Å². The summed E-state index contributed by atoms with van der Waals surface area (Å²) in [5, 5.41) is 11.0. The van der Waals surface area contributed by atoms with Crippen molar-refractivity contribution >= 4 is 22.9 Å². The lowest BCUT2D eigenvalue weighted by Crippen LogP contribution is -2.43. The summed E-state index contributed by atoms with van der Waals surface area (Å²) in [6, 6.07) is 20.0. The van der Waals surface area contributed by atoms with Gasteiger partial charge in [-0.15, -0.1) is 0 Å². The summed E-state index contributed by atoms with van der Waals surface area (Å²) < 4.78 is 0. The summed E-state index contributed by atoms with van der Waals surface area (Å²) in [5.74, 6) is 1.10. The molecule has 168 valence electrons. The van der Waals surface area contributed by atoms with E-state index < -0.39 is 0 Å². The number of aromatic amines is 1. The Hall–Kier alpha value is -3.48. The van der Waals surface area contributed by atoms with Crippen molar-refractivity contribution < 1.29 is 5.11 Å². The molecule has 1 aromatic heterocycles. The molecular formula is C27H29N5O. The van der Waals surface area contributed by atoms with Gasteiger partial charge in [0.15, 0.2) is 0 Å². The van der Waals surface area contributed by atoms with Crippen LogP contribution in [0.1, 0.15) is 16.7 Å². The van der Waals surface area contributed by atoms with Crippen molar-refractivity contribution in [1.29, 1.82) is 0 Å². The molecule has 0 bridgehead atoms. The van der Waals surface area contributed by atoms with E-state index in [1.54, 1.807) is 6.21 Å². The Bertz CT molecular complexity index is 1270. The predicted octanol–water partition coefficient (Wildman–Crippen LogP) is 4.74. The molecule has 33 heavy (non-hydrogen) atoms. The number of para-hydroxylation sites is 3. The first-order valence-electron chi connectivity index (χ1n) is 11.4. The second kappa shape index (κ2) is 9.17. The fourth-order valence-electron chi connectivity index (χ4n) is 4.36. The number of likely N-dealkylation sites (N-methyl/N-ethyl adjacent to an activating group) is 1. The fraction of sp³-hybridized carbons (Fsp3) is 0.259. The van der Waals surface area contributed by atoms with Crippen LogP contribution in [0, 0.1) is 6.92 Å². The lowest BCUT2D eigenvalue weighted by Gasteiger charge is -2.32.